The molecule has 1 aliphatic heterocycles. The lowest BCUT2D eigenvalue weighted by Crippen LogP contribution is -2.58. The quantitative estimate of drug-likeness (QED) is 0.600. The predicted octanol–water partition coefficient (Wildman–Crippen LogP) is -0.343. The van der Waals surface area contributed by atoms with Crippen LogP contribution in [0.4, 0.5) is 0 Å². The highest BCUT2D eigenvalue weighted by Gasteiger charge is 2.24. The minimum atomic E-state index is -0.419. The summed E-state index contributed by atoms with van der Waals surface area (Å²) in [5.41, 5.74) is 0.827. The molecule has 0 radical (unpaired) electrons. The third-order valence-electron chi connectivity index (χ3n) is 3.06. The van der Waals surface area contributed by atoms with Crippen molar-refractivity contribution in [2.45, 2.75) is 19.0 Å². The summed E-state index contributed by atoms with van der Waals surface area (Å²) in [6.07, 6.45) is 0. The van der Waals surface area contributed by atoms with Gasteiger partial charge in [0.25, 0.3) is 0 Å². The summed E-state index contributed by atoms with van der Waals surface area (Å²) >= 11 is 0. The Hall–Kier alpha value is -2.08. The van der Waals surface area contributed by atoms with Crippen LogP contribution in [0.5, 0.6) is 5.75 Å². The Balaban J connectivity index is 1.93. The molecule has 2 unspecified atom stereocenters. The molecule has 6 heteroatoms. The first-order valence-electron chi connectivity index (χ1n) is 6.15. The maximum absolute atomic E-state index is 12.0. The van der Waals surface area contributed by atoms with Crippen molar-refractivity contribution in [3.8, 4) is 5.75 Å². The minimum Gasteiger partial charge on any atom is -0.508 e. The molecule has 0 spiro atoms. The predicted molar refractivity (Wildman–Crippen MR) is 69.5 cm³/mol. The minimum absolute atomic E-state index is 0.106. The van der Waals surface area contributed by atoms with E-state index < -0.39 is 6.04 Å². The van der Waals surface area contributed by atoms with Crippen LogP contribution in [0.3, 0.4) is 0 Å². The van der Waals surface area contributed by atoms with Gasteiger partial charge in [-0.2, -0.15) is 0 Å². The molecule has 2 amide bonds. The molecule has 2 atom stereocenters. The van der Waals surface area contributed by atoms with E-state index in [0.29, 0.717) is 0 Å². The second-order valence-electron chi connectivity index (χ2n) is 4.56. The van der Waals surface area contributed by atoms with Crippen LogP contribution in [-0.2, 0) is 9.59 Å². The van der Waals surface area contributed by atoms with Crippen LogP contribution in [-0.4, -0.2) is 36.1 Å². The summed E-state index contributed by atoms with van der Waals surface area (Å²) in [7, 11) is 0. The van der Waals surface area contributed by atoms with Crippen molar-refractivity contribution in [1.82, 2.24) is 16.0 Å². The van der Waals surface area contributed by atoms with Crippen molar-refractivity contribution in [3.05, 3.63) is 29.8 Å². The number of phenolic OH excluding ortho intramolecular Hbond substituents is 1. The van der Waals surface area contributed by atoms with Crippen molar-refractivity contribution in [3.63, 3.8) is 0 Å². The summed E-state index contributed by atoms with van der Waals surface area (Å²) in [5.74, 6) is -0.109. The van der Waals surface area contributed by atoms with Gasteiger partial charge in [-0.1, -0.05) is 12.1 Å². The van der Waals surface area contributed by atoms with Crippen LogP contribution < -0.4 is 16.0 Å². The molecule has 1 saturated heterocycles. The molecular weight excluding hydrogens is 246 g/mol. The molecule has 4 N–H and O–H groups in total. The van der Waals surface area contributed by atoms with Crippen molar-refractivity contribution >= 4 is 11.8 Å². The average Bonchev–Trinajstić information content (AvgIpc) is 2.39. The van der Waals surface area contributed by atoms with Gasteiger partial charge in [0, 0.05) is 6.54 Å². The Morgan fingerprint density at radius 3 is 2.95 bits per heavy atom. The highest BCUT2D eigenvalue weighted by molar-refractivity contribution is 5.86. The first-order chi connectivity index (χ1) is 9.06. The van der Waals surface area contributed by atoms with Gasteiger partial charge in [0.1, 0.15) is 11.8 Å². The highest BCUT2D eigenvalue weighted by atomic mass is 16.3. The summed E-state index contributed by atoms with van der Waals surface area (Å²) in [5, 5.41) is 17.7. The second-order valence-corrected chi connectivity index (χ2v) is 4.56. The van der Waals surface area contributed by atoms with E-state index in [1.54, 1.807) is 18.2 Å². The molecule has 1 aromatic rings. The number of nitrogens with one attached hydrogen (secondary N) is 3. The van der Waals surface area contributed by atoms with Gasteiger partial charge < -0.3 is 15.7 Å². The fourth-order valence-electron chi connectivity index (χ4n) is 1.94. The van der Waals surface area contributed by atoms with Gasteiger partial charge in [-0.15, -0.1) is 0 Å². The molecule has 1 aliphatic rings. The summed E-state index contributed by atoms with van der Waals surface area (Å²) < 4.78 is 0. The van der Waals surface area contributed by atoms with Gasteiger partial charge in [0.15, 0.2) is 0 Å². The number of hydrogen-bond donors (Lipinski definition) is 4. The number of carbonyl (C=O) groups excluding carboxylic acids is 2. The summed E-state index contributed by atoms with van der Waals surface area (Å²) in [6.45, 7) is 2.28. The van der Waals surface area contributed by atoms with Crippen LogP contribution >= 0.6 is 0 Å². The largest absolute Gasteiger partial charge is 0.508 e. The van der Waals surface area contributed by atoms with Crippen LogP contribution in [0.2, 0.25) is 0 Å². The summed E-state index contributed by atoms with van der Waals surface area (Å²) in [6, 6.07) is 6.13. The zero-order valence-electron chi connectivity index (χ0n) is 10.6. The smallest absolute Gasteiger partial charge is 0.239 e. The third-order valence-corrected chi connectivity index (χ3v) is 3.06. The zero-order valence-corrected chi connectivity index (χ0v) is 10.6. The molecule has 102 valence electrons. The van der Waals surface area contributed by atoms with E-state index in [2.05, 4.69) is 16.0 Å². The lowest BCUT2D eigenvalue weighted by molar-refractivity contribution is -0.127. The molecule has 1 aromatic carbocycles. The molecule has 6 nitrogen and oxygen atoms in total. The Morgan fingerprint density at radius 2 is 2.32 bits per heavy atom. The number of rotatable bonds is 3. The lowest BCUT2D eigenvalue weighted by Gasteiger charge is -2.25. The SMILES string of the molecule is CC(NC(=O)C1CNC(=O)CN1)c1cccc(O)c1. The van der Waals surface area contributed by atoms with Crippen LogP contribution in [0.15, 0.2) is 24.3 Å². The van der Waals surface area contributed by atoms with E-state index in [4.69, 9.17) is 0 Å². The van der Waals surface area contributed by atoms with Crippen LogP contribution in [0.1, 0.15) is 18.5 Å². The van der Waals surface area contributed by atoms with Gasteiger partial charge in [0.05, 0.1) is 12.6 Å². The maximum Gasteiger partial charge on any atom is 0.239 e. The van der Waals surface area contributed by atoms with Crippen LogP contribution in [0.25, 0.3) is 0 Å². The summed E-state index contributed by atoms with van der Waals surface area (Å²) in [4.78, 5) is 23.0. The number of benzene rings is 1. The fraction of sp³-hybridized carbons (Fsp3) is 0.385. The number of piperazine rings is 1. The van der Waals surface area contributed by atoms with E-state index in [1.165, 1.54) is 0 Å². The van der Waals surface area contributed by atoms with Crippen molar-refractivity contribution in [1.29, 1.82) is 0 Å². The first kappa shape index (κ1) is 13.4. The number of phenols is 1. The van der Waals surface area contributed by atoms with E-state index in [9.17, 15) is 14.7 Å². The average molecular weight is 263 g/mol. The normalized spacial score (nSPS) is 20.5. The van der Waals surface area contributed by atoms with Gasteiger partial charge in [-0.05, 0) is 24.6 Å². The molecular formula is C13H17N3O3. The van der Waals surface area contributed by atoms with E-state index in [0.717, 1.165) is 5.56 Å². The Bertz CT molecular complexity index is 480. The number of hydrogen-bond acceptors (Lipinski definition) is 4. The molecule has 2 rings (SSSR count). The monoisotopic (exact) mass is 263 g/mol. The molecule has 0 saturated carbocycles. The third kappa shape index (κ3) is 3.45. The van der Waals surface area contributed by atoms with Crippen LogP contribution in [0, 0.1) is 0 Å². The van der Waals surface area contributed by atoms with Gasteiger partial charge in [0.2, 0.25) is 11.8 Å². The number of amides is 2. The van der Waals surface area contributed by atoms with Crippen molar-refractivity contribution in [2.24, 2.45) is 0 Å². The molecule has 19 heavy (non-hydrogen) atoms. The van der Waals surface area contributed by atoms with Gasteiger partial charge >= 0.3 is 0 Å². The van der Waals surface area contributed by atoms with E-state index in [-0.39, 0.29) is 36.7 Å². The topological polar surface area (TPSA) is 90.5 Å². The molecule has 0 aromatic heterocycles. The molecule has 1 heterocycles. The van der Waals surface area contributed by atoms with Crippen molar-refractivity contribution < 1.29 is 14.7 Å². The first-order valence-corrected chi connectivity index (χ1v) is 6.15. The van der Waals surface area contributed by atoms with E-state index in [1.807, 2.05) is 13.0 Å². The maximum atomic E-state index is 12.0. The van der Waals surface area contributed by atoms with E-state index >= 15 is 0 Å². The number of carbonyl (C=O) groups is 2. The Morgan fingerprint density at radius 1 is 1.53 bits per heavy atom. The molecule has 0 aliphatic carbocycles. The Labute approximate surface area is 111 Å². The second kappa shape index (κ2) is 5.71. The lowest BCUT2D eigenvalue weighted by atomic mass is 10.1. The highest BCUT2D eigenvalue weighted by Crippen LogP contribution is 2.17. The standard InChI is InChI=1S/C13H17N3O3/c1-8(9-3-2-4-10(17)5-9)16-13(19)11-6-15-12(18)7-14-11/h2-5,8,11,14,17H,6-7H2,1H3,(H,15,18)(H,16,19). The Kier molecular flexibility index (Phi) is 4.01. The fourth-order valence-corrected chi connectivity index (χ4v) is 1.94. The van der Waals surface area contributed by atoms with Gasteiger partial charge in [-0.3, -0.25) is 14.9 Å². The molecule has 0 bridgehead atoms. The van der Waals surface area contributed by atoms with Gasteiger partial charge in [-0.25, -0.2) is 0 Å². The number of aromatic hydroxyl groups is 1. The molecule has 1 fully saturated rings. The van der Waals surface area contributed by atoms with Crippen molar-refractivity contribution in [2.75, 3.05) is 13.1 Å². The zero-order chi connectivity index (χ0) is 13.8.